The largest absolute Gasteiger partial charge is 0.287 e. The number of alkyl halides is 1. The molecule has 0 aliphatic carbocycles. The summed E-state index contributed by atoms with van der Waals surface area (Å²) in [6.07, 6.45) is 1.05. The van der Waals surface area contributed by atoms with Crippen molar-refractivity contribution in [3.63, 3.8) is 0 Å². The summed E-state index contributed by atoms with van der Waals surface area (Å²) >= 11 is 4.85. The van der Waals surface area contributed by atoms with Crippen LogP contribution in [0.1, 0.15) is 13.3 Å². The molecule has 0 saturated carbocycles. The van der Waals surface area contributed by atoms with Gasteiger partial charge in [-0.25, -0.2) is 0 Å². The van der Waals surface area contributed by atoms with Crippen molar-refractivity contribution < 1.29 is 4.79 Å². The van der Waals surface area contributed by atoms with Gasteiger partial charge in [-0.15, -0.1) is 0 Å². The van der Waals surface area contributed by atoms with Gasteiger partial charge in [0.1, 0.15) is 0 Å². The Kier molecular flexibility index (Phi) is 2.59. The molecular weight excluding hydrogens is 200 g/mol. The second-order valence-corrected chi connectivity index (χ2v) is 4.30. The van der Waals surface area contributed by atoms with E-state index in [9.17, 15) is 4.79 Å². The van der Waals surface area contributed by atoms with Crippen LogP contribution >= 0.6 is 27.7 Å². The highest BCUT2D eigenvalue weighted by Gasteiger charge is 2.28. The van der Waals surface area contributed by atoms with Crippen LogP contribution in [-0.2, 0) is 4.79 Å². The summed E-state index contributed by atoms with van der Waals surface area (Å²) in [5.41, 5.74) is 0. The minimum atomic E-state index is 0.289. The first-order valence-corrected chi connectivity index (χ1v) is 5.00. The Morgan fingerprint density at radius 1 is 1.89 bits per heavy atom. The van der Waals surface area contributed by atoms with Crippen LogP contribution in [0.4, 0.5) is 0 Å². The first kappa shape index (κ1) is 7.61. The molecule has 0 N–H and O–H groups in total. The Hall–Kier alpha value is 0.500. The molecule has 0 amide bonds. The first-order chi connectivity index (χ1) is 4.24. The average molecular weight is 209 g/mol. The third kappa shape index (κ3) is 1.71. The Balaban J connectivity index is 2.44. The second-order valence-electron chi connectivity index (χ2n) is 2.35. The molecule has 1 nitrogen and oxygen atoms in total. The van der Waals surface area contributed by atoms with Crippen molar-refractivity contribution in [1.29, 1.82) is 0 Å². The molecule has 52 valence electrons. The van der Waals surface area contributed by atoms with Gasteiger partial charge in [0.05, 0.1) is 0 Å². The molecule has 0 aromatic carbocycles. The lowest BCUT2D eigenvalue weighted by atomic mass is 10.1. The molecule has 3 heteroatoms. The smallest absolute Gasteiger partial charge is 0.192 e. The van der Waals surface area contributed by atoms with E-state index in [0.717, 1.165) is 11.8 Å². The van der Waals surface area contributed by atoms with Crippen molar-refractivity contribution in [2.45, 2.75) is 18.6 Å². The first-order valence-electron chi connectivity index (χ1n) is 3.00. The Bertz CT molecular complexity index is 126. The molecule has 0 aromatic rings. The van der Waals surface area contributed by atoms with Gasteiger partial charge in [-0.3, -0.25) is 4.79 Å². The summed E-state index contributed by atoms with van der Waals surface area (Å²) in [5, 5.41) is 1.85. The van der Waals surface area contributed by atoms with Crippen LogP contribution in [0, 0.1) is 5.92 Å². The lowest BCUT2D eigenvalue weighted by Gasteiger charge is -1.98. The number of halogens is 1. The van der Waals surface area contributed by atoms with Gasteiger partial charge >= 0.3 is 0 Å². The normalized spacial score (nSPS) is 35.6. The molecule has 1 heterocycles. The molecular formula is C6H9BrOS. The SMILES string of the molecule is CC1CC(CBr)SC1=O. The van der Waals surface area contributed by atoms with Crippen LogP contribution in [0.5, 0.6) is 0 Å². The molecule has 1 fully saturated rings. The highest BCUT2D eigenvalue weighted by Crippen LogP contribution is 2.33. The summed E-state index contributed by atoms with van der Waals surface area (Å²) < 4.78 is 0. The Labute approximate surface area is 67.7 Å². The van der Waals surface area contributed by atoms with E-state index in [0.29, 0.717) is 10.4 Å². The molecule has 0 spiro atoms. The molecule has 1 rings (SSSR count). The van der Waals surface area contributed by atoms with Gasteiger partial charge in [0.2, 0.25) is 0 Å². The molecule has 9 heavy (non-hydrogen) atoms. The maximum absolute atomic E-state index is 10.9. The zero-order chi connectivity index (χ0) is 6.85. The number of carbonyl (C=O) groups is 1. The van der Waals surface area contributed by atoms with Gasteiger partial charge in [0.15, 0.2) is 5.12 Å². The zero-order valence-electron chi connectivity index (χ0n) is 5.26. The molecule has 1 aliphatic heterocycles. The van der Waals surface area contributed by atoms with Gasteiger partial charge in [-0.1, -0.05) is 34.6 Å². The second kappa shape index (κ2) is 3.06. The van der Waals surface area contributed by atoms with Crippen molar-refractivity contribution in [3.05, 3.63) is 0 Å². The molecule has 1 saturated heterocycles. The van der Waals surface area contributed by atoms with E-state index in [-0.39, 0.29) is 5.92 Å². The summed E-state index contributed by atoms with van der Waals surface area (Å²) in [6.45, 7) is 2.00. The minimum absolute atomic E-state index is 0.289. The van der Waals surface area contributed by atoms with Crippen molar-refractivity contribution >= 4 is 32.8 Å². The van der Waals surface area contributed by atoms with Gasteiger partial charge in [0, 0.05) is 16.5 Å². The number of rotatable bonds is 1. The number of hydrogen-bond donors (Lipinski definition) is 0. The van der Waals surface area contributed by atoms with Gasteiger partial charge < -0.3 is 0 Å². The Morgan fingerprint density at radius 2 is 2.56 bits per heavy atom. The van der Waals surface area contributed by atoms with E-state index in [4.69, 9.17) is 0 Å². The highest BCUT2D eigenvalue weighted by atomic mass is 79.9. The van der Waals surface area contributed by atoms with E-state index in [1.807, 2.05) is 6.92 Å². The average Bonchev–Trinajstić information content (AvgIpc) is 2.13. The van der Waals surface area contributed by atoms with Crippen LogP contribution in [0.15, 0.2) is 0 Å². The predicted octanol–water partition coefficient (Wildman–Crippen LogP) is 2.05. The monoisotopic (exact) mass is 208 g/mol. The quantitative estimate of drug-likeness (QED) is 0.615. The topological polar surface area (TPSA) is 17.1 Å². The van der Waals surface area contributed by atoms with Gasteiger partial charge in [0.25, 0.3) is 0 Å². The zero-order valence-corrected chi connectivity index (χ0v) is 7.67. The number of carbonyl (C=O) groups excluding carboxylic acids is 1. The van der Waals surface area contributed by atoms with Crippen LogP contribution in [-0.4, -0.2) is 15.7 Å². The van der Waals surface area contributed by atoms with Crippen molar-refractivity contribution in [2.75, 3.05) is 5.33 Å². The van der Waals surface area contributed by atoms with Gasteiger partial charge in [-0.2, -0.15) is 0 Å². The van der Waals surface area contributed by atoms with Crippen LogP contribution in [0.25, 0.3) is 0 Å². The molecule has 0 aromatic heterocycles. The van der Waals surface area contributed by atoms with Crippen LogP contribution < -0.4 is 0 Å². The predicted molar refractivity (Wildman–Crippen MR) is 44.0 cm³/mol. The third-order valence-corrected chi connectivity index (χ3v) is 4.01. The minimum Gasteiger partial charge on any atom is -0.287 e. The lowest BCUT2D eigenvalue weighted by Crippen LogP contribution is -1.99. The standard InChI is InChI=1S/C6H9BrOS/c1-4-2-5(3-7)9-6(4)8/h4-5H,2-3H2,1H3. The summed E-state index contributed by atoms with van der Waals surface area (Å²) in [4.78, 5) is 10.9. The van der Waals surface area contributed by atoms with Crippen LogP contribution in [0.3, 0.4) is 0 Å². The molecule has 0 radical (unpaired) electrons. The summed E-state index contributed by atoms with van der Waals surface area (Å²) in [5.74, 6) is 0.289. The van der Waals surface area contributed by atoms with Crippen molar-refractivity contribution in [2.24, 2.45) is 5.92 Å². The van der Waals surface area contributed by atoms with Crippen LogP contribution in [0.2, 0.25) is 0 Å². The third-order valence-electron chi connectivity index (χ3n) is 1.47. The van der Waals surface area contributed by atoms with Gasteiger partial charge in [-0.05, 0) is 6.42 Å². The summed E-state index contributed by atoms with van der Waals surface area (Å²) in [7, 11) is 0. The number of hydrogen-bond acceptors (Lipinski definition) is 2. The number of thioether (sulfide) groups is 1. The molecule has 2 unspecified atom stereocenters. The molecule has 2 atom stereocenters. The summed E-state index contributed by atoms with van der Waals surface area (Å²) in [6, 6.07) is 0. The van der Waals surface area contributed by atoms with E-state index >= 15 is 0 Å². The fraction of sp³-hybridized carbons (Fsp3) is 0.833. The van der Waals surface area contributed by atoms with E-state index < -0.39 is 0 Å². The molecule has 0 bridgehead atoms. The highest BCUT2D eigenvalue weighted by molar-refractivity contribution is 9.09. The van der Waals surface area contributed by atoms with E-state index in [2.05, 4.69) is 15.9 Å². The fourth-order valence-corrected chi connectivity index (χ4v) is 2.68. The lowest BCUT2D eigenvalue weighted by molar-refractivity contribution is -0.113. The fourth-order valence-electron chi connectivity index (χ4n) is 0.914. The Morgan fingerprint density at radius 3 is 2.78 bits per heavy atom. The maximum Gasteiger partial charge on any atom is 0.192 e. The molecule has 1 aliphatic rings. The van der Waals surface area contributed by atoms with Crippen molar-refractivity contribution in [1.82, 2.24) is 0 Å². The van der Waals surface area contributed by atoms with Crippen molar-refractivity contribution in [3.8, 4) is 0 Å². The van der Waals surface area contributed by atoms with E-state index in [1.165, 1.54) is 11.8 Å². The van der Waals surface area contributed by atoms with E-state index in [1.54, 1.807) is 0 Å². The maximum atomic E-state index is 10.9.